The lowest BCUT2D eigenvalue weighted by Crippen LogP contribution is -2.45. The molecule has 2 saturated heterocycles. The van der Waals surface area contributed by atoms with E-state index in [1.54, 1.807) is 0 Å². The summed E-state index contributed by atoms with van der Waals surface area (Å²) in [6.45, 7) is 7.23. The minimum Gasteiger partial charge on any atom is -0.381 e. The van der Waals surface area contributed by atoms with Crippen molar-refractivity contribution < 1.29 is 9.53 Å². The minimum absolute atomic E-state index is 0.173. The Kier molecular flexibility index (Phi) is 4.53. The van der Waals surface area contributed by atoms with Crippen LogP contribution in [0.25, 0.3) is 0 Å². The Morgan fingerprint density at radius 1 is 1.13 bits per heavy atom. The topological polar surface area (TPSA) is 81.3 Å². The van der Waals surface area contributed by atoms with Gasteiger partial charge >= 0.3 is 0 Å². The summed E-state index contributed by atoms with van der Waals surface area (Å²) in [5.74, 6) is 0.446. The number of nitrogen functional groups attached to an aromatic ring is 1. The van der Waals surface area contributed by atoms with Crippen LogP contribution in [0.3, 0.4) is 0 Å². The summed E-state index contributed by atoms with van der Waals surface area (Å²) in [5, 5.41) is 0. The maximum atomic E-state index is 12.6. The highest BCUT2D eigenvalue weighted by molar-refractivity contribution is 5.79. The molecule has 2 fully saturated rings. The number of aromatic nitrogens is 2. The first-order valence-electron chi connectivity index (χ1n) is 8.44. The molecule has 2 N–H and O–H groups in total. The molecule has 0 atom stereocenters. The van der Waals surface area contributed by atoms with Gasteiger partial charge in [0.05, 0.1) is 6.42 Å². The minimum atomic E-state index is 0.173. The molecule has 0 unspecified atom stereocenters. The Morgan fingerprint density at radius 3 is 2.26 bits per heavy atom. The van der Waals surface area contributed by atoms with Crippen LogP contribution >= 0.6 is 0 Å². The Bertz CT molecular complexity index is 563. The number of rotatable bonds is 2. The van der Waals surface area contributed by atoms with E-state index in [2.05, 4.69) is 9.97 Å². The number of hydrogen-bond donors (Lipinski definition) is 1. The Labute approximate surface area is 137 Å². The molecule has 1 spiro atoms. The number of aryl methyl sites for hydroxylation is 2. The van der Waals surface area contributed by atoms with E-state index in [1.165, 1.54) is 0 Å². The number of nitrogens with zero attached hydrogens (tertiary/aromatic N) is 3. The van der Waals surface area contributed by atoms with Crippen LogP contribution < -0.4 is 5.73 Å². The molecule has 6 nitrogen and oxygen atoms in total. The van der Waals surface area contributed by atoms with Crippen molar-refractivity contribution in [1.29, 1.82) is 0 Å². The number of carbonyl (C=O) groups excluding carboxylic acids is 1. The van der Waals surface area contributed by atoms with Gasteiger partial charge in [0, 0.05) is 43.3 Å². The Hall–Kier alpha value is -1.69. The van der Waals surface area contributed by atoms with Crippen LogP contribution in [-0.2, 0) is 16.0 Å². The number of nitrogens with two attached hydrogens (primary N) is 1. The van der Waals surface area contributed by atoms with Gasteiger partial charge in [0.15, 0.2) is 0 Å². The number of hydrogen-bond acceptors (Lipinski definition) is 5. The van der Waals surface area contributed by atoms with E-state index in [0.717, 1.165) is 68.9 Å². The quantitative estimate of drug-likeness (QED) is 0.896. The SMILES string of the molecule is Cc1nc(N)nc(C)c1CC(=O)N1CCC2(CCOCC2)CC1. The van der Waals surface area contributed by atoms with Crippen molar-refractivity contribution in [2.45, 2.75) is 46.0 Å². The van der Waals surface area contributed by atoms with Gasteiger partial charge < -0.3 is 15.4 Å². The molecule has 6 heteroatoms. The first-order valence-corrected chi connectivity index (χ1v) is 8.44. The number of carbonyl (C=O) groups is 1. The van der Waals surface area contributed by atoms with E-state index in [0.29, 0.717) is 11.8 Å². The first-order chi connectivity index (χ1) is 11.0. The lowest BCUT2D eigenvalue weighted by atomic mass is 9.72. The summed E-state index contributed by atoms with van der Waals surface area (Å²) in [6, 6.07) is 0. The van der Waals surface area contributed by atoms with Crippen LogP contribution in [0.2, 0.25) is 0 Å². The highest BCUT2D eigenvalue weighted by Crippen LogP contribution is 2.40. The zero-order valence-corrected chi connectivity index (χ0v) is 14.1. The second-order valence-electron chi connectivity index (χ2n) is 6.90. The molecule has 0 bridgehead atoms. The van der Waals surface area contributed by atoms with E-state index in [-0.39, 0.29) is 11.9 Å². The molecule has 2 aliphatic heterocycles. The Balaban J connectivity index is 1.62. The summed E-state index contributed by atoms with van der Waals surface area (Å²) in [5.41, 5.74) is 8.59. The summed E-state index contributed by atoms with van der Waals surface area (Å²) in [4.78, 5) is 23.0. The molecular formula is C17H26N4O2. The van der Waals surface area contributed by atoms with Crippen molar-refractivity contribution in [2.75, 3.05) is 32.0 Å². The summed E-state index contributed by atoms with van der Waals surface area (Å²) < 4.78 is 5.48. The monoisotopic (exact) mass is 318 g/mol. The van der Waals surface area contributed by atoms with E-state index in [4.69, 9.17) is 10.5 Å². The lowest BCUT2D eigenvalue weighted by Gasteiger charge is -2.44. The van der Waals surface area contributed by atoms with Crippen molar-refractivity contribution in [2.24, 2.45) is 5.41 Å². The molecule has 0 aromatic carbocycles. The number of piperidine rings is 1. The fourth-order valence-corrected chi connectivity index (χ4v) is 3.82. The van der Waals surface area contributed by atoms with Gasteiger partial charge in [-0.25, -0.2) is 9.97 Å². The first kappa shape index (κ1) is 16.2. The molecule has 3 heterocycles. The molecule has 1 aromatic heterocycles. The van der Waals surface area contributed by atoms with Gasteiger partial charge in [-0.15, -0.1) is 0 Å². The highest BCUT2D eigenvalue weighted by atomic mass is 16.5. The van der Waals surface area contributed by atoms with E-state index >= 15 is 0 Å². The summed E-state index contributed by atoms with van der Waals surface area (Å²) >= 11 is 0. The highest BCUT2D eigenvalue weighted by Gasteiger charge is 2.37. The molecule has 1 amide bonds. The predicted octanol–water partition coefficient (Wildman–Crippen LogP) is 1.64. The van der Waals surface area contributed by atoms with Crippen LogP contribution in [0.5, 0.6) is 0 Å². The van der Waals surface area contributed by atoms with Crippen molar-refractivity contribution in [3.8, 4) is 0 Å². The van der Waals surface area contributed by atoms with Crippen molar-refractivity contribution in [3.05, 3.63) is 17.0 Å². The van der Waals surface area contributed by atoms with Gasteiger partial charge in [-0.3, -0.25) is 4.79 Å². The summed E-state index contributed by atoms with van der Waals surface area (Å²) in [6.07, 6.45) is 4.84. The molecule has 0 radical (unpaired) electrons. The van der Waals surface area contributed by atoms with Crippen LogP contribution in [0.15, 0.2) is 0 Å². The maximum absolute atomic E-state index is 12.6. The fraction of sp³-hybridized carbons (Fsp3) is 0.706. The van der Waals surface area contributed by atoms with Crippen LogP contribution in [-0.4, -0.2) is 47.1 Å². The third-order valence-corrected chi connectivity index (χ3v) is 5.50. The molecular weight excluding hydrogens is 292 g/mol. The zero-order valence-electron chi connectivity index (χ0n) is 14.1. The van der Waals surface area contributed by atoms with Crippen LogP contribution in [0, 0.1) is 19.3 Å². The van der Waals surface area contributed by atoms with Gasteiger partial charge in [0.2, 0.25) is 11.9 Å². The van der Waals surface area contributed by atoms with Crippen LogP contribution in [0.1, 0.15) is 42.6 Å². The molecule has 126 valence electrons. The largest absolute Gasteiger partial charge is 0.381 e. The molecule has 0 saturated carbocycles. The number of amides is 1. The summed E-state index contributed by atoms with van der Waals surface area (Å²) in [7, 11) is 0. The van der Waals surface area contributed by atoms with Gasteiger partial charge in [-0.05, 0) is 44.9 Å². The van der Waals surface area contributed by atoms with Crippen molar-refractivity contribution in [3.63, 3.8) is 0 Å². The average Bonchev–Trinajstić information content (AvgIpc) is 2.52. The molecule has 0 aliphatic carbocycles. The van der Waals surface area contributed by atoms with Crippen LogP contribution in [0.4, 0.5) is 5.95 Å². The maximum Gasteiger partial charge on any atom is 0.227 e. The molecule has 23 heavy (non-hydrogen) atoms. The third kappa shape index (κ3) is 3.47. The molecule has 1 aromatic rings. The smallest absolute Gasteiger partial charge is 0.227 e. The Morgan fingerprint density at radius 2 is 1.70 bits per heavy atom. The second kappa shape index (κ2) is 6.43. The van der Waals surface area contributed by atoms with Gasteiger partial charge in [-0.1, -0.05) is 0 Å². The predicted molar refractivity (Wildman–Crippen MR) is 87.9 cm³/mol. The average molecular weight is 318 g/mol. The van der Waals surface area contributed by atoms with Gasteiger partial charge in [0.1, 0.15) is 0 Å². The lowest BCUT2D eigenvalue weighted by molar-refractivity contribution is -0.134. The van der Waals surface area contributed by atoms with Crippen molar-refractivity contribution >= 4 is 11.9 Å². The van der Waals surface area contributed by atoms with E-state index < -0.39 is 0 Å². The molecule has 2 aliphatic rings. The number of ether oxygens (including phenoxy) is 1. The number of anilines is 1. The van der Waals surface area contributed by atoms with Gasteiger partial charge in [-0.2, -0.15) is 0 Å². The third-order valence-electron chi connectivity index (χ3n) is 5.50. The van der Waals surface area contributed by atoms with Gasteiger partial charge in [0.25, 0.3) is 0 Å². The second-order valence-corrected chi connectivity index (χ2v) is 6.90. The fourth-order valence-electron chi connectivity index (χ4n) is 3.82. The normalized spacial score (nSPS) is 20.7. The zero-order chi connectivity index (χ0) is 16.4. The van der Waals surface area contributed by atoms with E-state index in [1.807, 2.05) is 18.7 Å². The van der Waals surface area contributed by atoms with E-state index in [9.17, 15) is 4.79 Å². The molecule has 3 rings (SSSR count). The standard InChI is InChI=1S/C17H26N4O2/c1-12-14(13(2)20-16(18)19-12)11-15(22)21-7-3-17(4-8-21)5-9-23-10-6-17/h3-11H2,1-2H3,(H2,18,19,20). The number of likely N-dealkylation sites (tertiary alicyclic amines) is 1. The van der Waals surface area contributed by atoms with Crippen molar-refractivity contribution in [1.82, 2.24) is 14.9 Å².